The lowest BCUT2D eigenvalue weighted by atomic mass is 9.93. The van der Waals surface area contributed by atoms with Gasteiger partial charge in [-0.3, -0.25) is 4.79 Å². The number of fused-ring (bicyclic) bond motifs is 1. The number of hydrogen-bond acceptors (Lipinski definition) is 3. The van der Waals surface area contributed by atoms with Crippen LogP contribution in [0.15, 0.2) is 36.4 Å². The van der Waals surface area contributed by atoms with Crippen molar-refractivity contribution >= 4 is 23.2 Å². The average molecular weight is 332 g/mol. The summed E-state index contributed by atoms with van der Waals surface area (Å²) in [6, 6.07) is 11.4. The molecule has 0 spiro atoms. The van der Waals surface area contributed by atoms with E-state index in [1.807, 2.05) is 30.3 Å². The van der Waals surface area contributed by atoms with Crippen molar-refractivity contribution in [2.45, 2.75) is 12.3 Å². The van der Waals surface area contributed by atoms with E-state index in [1.165, 1.54) is 0 Å². The third kappa shape index (κ3) is 2.63. The van der Waals surface area contributed by atoms with Crippen LogP contribution in [0.2, 0.25) is 5.02 Å². The summed E-state index contributed by atoms with van der Waals surface area (Å²) in [6.45, 7) is 0. The number of methoxy groups -OCH3 is 2. The highest BCUT2D eigenvalue weighted by Gasteiger charge is 2.35. The summed E-state index contributed by atoms with van der Waals surface area (Å²) in [4.78, 5) is 14.3. The Labute approximate surface area is 140 Å². The molecule has 2 aromatic carbocycles. The highest BCUT2D eigenvalue weighted by atomic mass is 35.5. The van der Waals surface area contributed by atoms with Crippen LogP contribution in [0, 0.1) is 0 Å². The zero-order chi connectivity index (χ0) is 16.6. The summed E-state index contributed by atoms with van der Waals surface area (Å²) < 4.78 is 10.6. The summed E-state index contributed by atoms with van der Waals surface area (Å²) in [7, 11) is 4.95. The predicted octanol–water partition coefficient (Wildman–Crippen LogP) is 3.66. The number of likely N-dealkylation sites (N-methyl/N-ethyl adjacent to an activating group) is 1. The zero-order valence-electron chi connectivity index (χ0n) is 13.3. The van der Waals surface area contributed by atoms with Gasteiger partial charge in [0.25, 0.3) is 0 Å². The minimum absolute atomic E-state index is 0.0806. The van der Waals surface area contributed by atoms with Crippen LogP contribution in [0.3, 0.4) is 0 Å². The molecule has 1 heterocycles. The van der Waals surface area contributed by atoms with Gasteiger partial charge >= 0.3 is 0 Å². The molecular formula is C18H18ClNO3. The average Bonchev–Trinajstić information content (AvgIpc) is 2.81. The van der Waals surface area contributed by atoms with Crippen molar-refractivity contribution in [3.63, 3.8) is 0 Å². The Morgan fingerprint density at radius 1 is 1.13 bits per heavy atom. The molecule has 0 radical (unpaired) electrons. The van der Waals surface area contributed by atoms with Crippen LogP contribution in [0.5, 0.6) is 11.5 Å². The molecule has 1 atom stereocenters. The van der Waals surface area contributed by atoms with E-state index < -0.39 is 0 Å². The number of rotatable bonds is 4. The first-order valence-electron chi connectivity index (χ1n) is 7.33. The SMILES string of the molecule is COc1cc(Cl)c(C[C@H]2C(=O)N(C)c3ccccc32)cc1OC. The van der Waals surface area contributed by atoms with Gasteiger partial charge in [0, 0.05) is 23.8 Å². The molecule has 0 aliphatic carbocycles. The van der Waals surface area contributed by atoms with Gasteiger partial charge in [-0.1, -0.05) is 29.8 Å². The first-order valence-corrected chi connectivity index (χ1v) is 7.71. The van der Waals surface area contributed by atoms with E-state index in [2.05, 4.69) is 0 Å². The fourth-order valence-corrected chi connectivity index (χ4v) is 3.27. The number of para-hydroxylation sites is 1. The highest BCUT2D eigenvalue weighted by molar-refractivity contribution is 6.31. The van der Waals surface area contributed by atoms with Crippen molar-refractivity contribution in [3.05, 3.63) is 52.5 Å². The third-order valence-electron chi connectivity index (χ3n) is 4.28. The zero-order valence-corrected chi connectivity index (χ0v) is 14.1. The van der Waals surface area contributed by atoms with Crippen LogP contribution in [-0.4, -0.2) is 27.2 Å². The summed E-state index contributed by atoms with van der Waals surface area (Å²) in [5, 5.41) is 0.572. The lowest BCUT2D eigenvalue weighted by Gasteiger charge is -2.15. The van der Waals surface area contributed by atoms with Gasteiger partial charge in [0.1, 0.15) is 0 Å². The molecule has 0 saturated carbocycles. The van der Waals surface area contributed by atoms with Crippen molar-refractivity contribution in [3.8, 4) is 11.5 Å². The van der Waals surface area contributed by atoms with Gasteiger partial charge in [0.05, 0.1) is 20.1 Å². The maximum Gasteiger partial charge on any atom is 0.234 e. The van der Waals surface area contributed by atoms with Gasteiger partial charge in [0.2, 0.25) is 5.91 Å². The van der Waals surface area contributed by atoms with Crippen molar-refractivity contribution in [2.75, 3.05) is 26.2 Å². The fourth-order valence-electron chi connectivity index (χ4n) is 3.04. The van der Waals surface area contributed by atoms with Crippen LogP contribution in [0.4, 0.5) is 5.69 Å². The molecule has 23 heavy (non-hydrogen) atoms. The molecule has 1 aliphatic rings. The Kier molecular flexibility index (Phi) is 4.18. The number of halogens is 1. The van der Waals surface area contributed by atoms with Crippen molar-refractivity contribution in [2.24, 2.45) is 0 Å². The third-order valence-corrected chi connectivity index (χ3v) is 4.63. The van der Waals surface area contributed by atoms with E-state index in [-0.39, 0.29) is 11.8 Å². The van der Waals surface area contributed by atoms with Gasteiger partial charge in [-0.25, -0.2) is 0 Å². The number of hydrogen-bond donors (Lipinski definition) is 0. The van der Waals surface area contributed by atoms with Gasteiger partial charge in [-0.15, -0.1) is 0 Å². The number of ether oxygens (including phenoxy) is 2. The van der Waals surface area contributed by atoms with Crippen LogP contribution in [0.25, 0.3) is 0 Å². The minimum atomic E-state index is -0.230. The molecule has 0 saturated heterocycles. The Hall–Kier alpha value is -2.20. The molecule has 0 unspecified atom stereocenters. The van der Waals surface area contributed by atoms with Crippen molar-refractivity contribution < 1.29 is 14.3 Å². The smallest absolute Gasteiger partial charge is 0.234 e. The van der Waals surface area contributed by atoms with Crippen LogP contribution >= 0.6 is 11.6 Å². The molecule has 4 nitrogen and oxygen atoms in total. The molecule has 0 fully saturated rings. The molecule has 1 aliphatic heterocycles. The minimum Gasteiger partial charge on any atom is -0.493 e. The van der Waals surface area contributed by atoms with Crippen LogP contribution in [-0.2, 0) is 11.2 Å². The van der Waals surface area contributed by atoms with Crippen molar-refractivity contribution in [1.82, 2.24) is 0 Å². The van der Waals surface area contributed by atoms with Gasteiger partial charge in [-0.05, 0) is 29.7 Å². The van der Waals surface area contributed by atoms with Crippen LogP contribution < -0.4 is 14.4 Å². The highest BCUT2D eigenvalue weighted by Crippen LogP contribution is 2.41. The molecule has 5 heteroatoms. The van der Waals surface area contributed by atoms with E-state index >= 15 is 0 Å². The number of benzene rings is 2. The quantitative estimate of drug-likeness (QED) is 0.858. The number of anilines is 1. The molecule has 0 N–H and O–H groups in total. The molecular weight excluding hydrogens is 314 g/mol. The summed E-state index contributed by atoms with van der Waals surface area (Å²) in [5.74, 6) is 1.04. The standard InChI is InChI=1S/C18H18ClNO3/c1-20-15-7-5-4-6-12(15)13(18(20)21)8-11-9-16(22-2)17(23-3)10-14(11)19/h4-7,9-10,13H,8H2,1-3H3/t13-/m1/s1. The second-order valence-corrected chi connectivity index (χ2v) is 5.92. The molecule has 3 rings (SSSR count). The largest absolute Gasteiger partial charge is 0.493 e. The second-order valence-electron chi connectivity index (χ2n) is 5.51. The summed E-state index contributed by atoms with van der Waals surface area (Å²) in [6.07, 6.45) is 0.527. The number of amides is 1. The Balaban J connectivity index is 1.98. The van der Waals surface area contributed by atoms with Gasteiger partial charge < -0.3 is 14.4 Å². The Bertz CT molecular complexity index is 760. The summed E-state index contributed by atoms with van der Waals surface area (Å²) >= 11 is 6.37. The molecule has 1 amide bonds. The van der Waals surface area contributed by atoms with Crippen molar-refractivity contribution in [1.29, 1.82) is 0 Å². The fraction of sp³-hybridized carbons (Fsp3) is 0.278. The van der Waals surface area contributed by atoms with E-state index in [1.54, 1.807) is 32.2 Å². The number of carbonyl (C=O) groups excluding carboxylic acids is 1. The lowest BCUT2D eigenvalue weighted by molar-refractivity contribution is -0.119. The lowest BCUT2D eigenvalue weighted by Crippen LogP contribution is -2.24. The molecule has 0 bridgehead atoms. The second kappa shape index (κ2) is 6.13. The van der Waals surface area contributed by atoms with Gasteiger partial charge in [0.15, 0.2) is 11.5 Å². The maximum atomic E-state index is 12.6. The maximum absolute atomic E-state index is 12.6. The molecule has 120 valence electrons. The topological polar surface area (TPSA) is 38.8 Å². The van der Waals surface area contributed by atoms with Crippen LogP contribution in [0.1, 0.15) is 17.0 Å². The van der Waals surface area contributed by atoms with E-state index in [0.29, 0.717) is 22.9 Å². The monoisotopic (exact) mass is 331 g/mol. The number of carbonyl (C=O) groups is 1. The van der Waals surface area contributed by atoms with E-state index in [9.17, 15) is 4.79 Å². The first kappa shape index (κ1) is 15.7. The molecule has 0 aromatic heterocycles. The Morgan fingerprint density at radius 2 is 1.78 bits per heavy atom. The predicted molar refractivity (Wildman–Crippen MR) is 90.9 cm³/mol. The first-order chi connectivity index (χ1) is 11.1. The molecule has 2 aromatic rings. The van der Waals surface area contributed by atoms with E-state index in [0.717, 1.165) is 16.8 Å². The number of nitrogens with zero attached hydrogens (tertiary/aromatic N) is 1. The Morgan fingerprint density at radius 3 is 2.48 bits per heavy atom. The van der Waals surface area contributed by atoms with E-state index in [4.69, 9.17) is 21.1 Å². The summed E-state index contributed by atoms with van der Waals surface area (Å²) in [5.41, 5.74) is 2.86. The van der Waals surface area contributed by atoms with Gasteiger partial charge in [-0.2, -0.15) is 0 Å². The normalized spacial score (nSPS) is 16.4.